The maximum Gasteiger partial charge on any atom is 0.240 e. The molecule has 0 aliphatic carbocycles. The van der Waals surface area contributed by atoms with E-state index in [1.54, 1.807) is 6.92 Å². The molecule has 0 spiro atoms. The van der Waals surface area contributed by atoms with Crippen LogP contribution in [-0.4, -0.2) is 16.0 Å². The first-order valence-electron chi connectivity index (χ1n) is 5.63. The van der Waals surface area contributed by atoms with Crippen LogP contribution in [-0.2, 0) is 18.4 Å². The van der Waals surface area contributed by atoms with Crippen LogP contribution in [0.1, 0.15) is 32.3 Å². The second kappa shape index (κ2) is 5.16. The fourth-order valence-corrected chi connectivity index (χ4v) is 1.68. The highest BCUT2D eigenvalue weighted by molar-refractivity contribution is 5.85. The summed E-state index contributed by atoms with van der Waals surface area (Å²) in [6.45, 7) is 4.34. The minimum atomic E-state index is -0.760. The van der Waals surface area contributed by atoms with Crippen LogP contribution in [0.4, 0.5) is 0 Å². The minimum Gasteiger partial charge on any atom is -0.357 e. The first-order valence-corrected chi connectivity index (χ1v) is 5.63. The van der Waals surface area contributed by atoms with Gasteiger partial charge in [-0.3, -0.25) is 4.79 Å². The van der Waals surface area contributed by atoms with Gasteiger partial charge in [0.15, 0.2) is 0 Å². The van der Waals surface area contributed by atoms with E-state index in [9.17, 15) is 4.79 Å². The van der Waals surface area contributed by atoms with Gasteiger partial charge in [-0.1, -0.05) is 13.3 Å². The molecule has 3 N–H and O–H groups in total. The number of carbonyl (C=O) groups excluding carboxylic acids is 1. The van der Waals surface area contributed by atoms with E-state index < -0.39 is 5.54 Å². The summed E-state index contributed by atoms with van der Waals surface area (Å²) in [5, 5.41) is 2.86. The van der Waals surface area contributed by atoms with Crippen LogP contribution >= 0.6 is 0 Å². The predicted octanol–water partition coefficient (Wildman–Crippen LogP) is 1.16. The molecule has 0 fully saturated rings. The number of carbonyl (C=O) groups is 1. The summed E-state index contributed by atoms with van der Waals surface area (Å²) >= 11 is 0. The second-order valence-electron chi connectivity index (χ2n) is 4.54. The SMILES string of the molecule is CCCC(C)(N)C(=O)NCc1ccn(C)c1. The molecule has 0 bridgehead atoms. The average Bonchev–Trinajstić information content (AvgIpc) is 2.60. The first-order chi connectivity index (χ1) is 7.45. The van der Waals surface area contributed by atoms with E-state index in [-0.39, 0.29) is 5.91 Å². The van der Waals surface area contributed by atoms with Gasteiger partial charge >= 0.3 is 0 Å². The van der Waals surface area contributed by atoms with Crippen LogP contribution in [0, 0.1) is 0 Å². The van der Waals surface area contributed by atoms with Gasteiger partial charge in [0, 0.05) is 26.0 Å². The Kier molecular flexibility index (Phi) is 4.12. The molecule has 90 valence electrons. The normalized spacial score (nSPS) is 14.5. The number of rotatable bonds is 5. The van der Waals surface area contributed by atoms with Crippen molar-refractivity contribution < 1.29 is 4.79 Å². The molecular weight excluding hydrogens is 202 g/mol. The minimum absolute atomic E-state index is 0.0850. The Labute approximate surface area is 96.8 Å². The number of nitrogens with one attached hydrogen (secondary N) is 1. The lowest BCUT2D eigenvalue weighted by Crippen LogP contribution is -2.51. The van der Waals surface area contributed by atoms with Crippen molar-refractivity contribution in [3.05, 3.63) is 24.0 Å². The van der Waals surface area contributed by atoms with Gasteiger partial charge in [-0.15, -0.1) is 0 Å². The van der Waals surface area contributed by atoms with Crippen LogP contribution < -0.4 is 11.1 Å². The zero-order chi connectivity index (χ0) is 12.2. The van der Waals surface area contributed by atoms with Crippen molar-refractivity contribution >= 4 is 5.91 Å². The van der Waals surface area contributed by atoms with Crippen molar-refractivity contribution in [1.29, 1.82) is 0 Å². The molecule has 1 heterocycles. The molecular formula is C12H21N3O. The second-order valence-corrected chi connectivity index (χ2v) is 4.54. The molecule has 0 radical (unpaired) electrons. The van der Waals surface area contributed by atoms with Crippen LogP contribution in [0.5, 0.6) is 0 Å². The van der Waals surface area contributed by atoms with Crippen LogP contribution in [0.2, 0.25) is 0 Å². The summed E-state index contributed by atoms with van der Waals surface area (Å²) < 4.78 is 1.95. The molecule has 1 aromatic heterocycles. The number of nitrogens with zero attached hydrogens (tertiary/aromatic N) is 1. The molecule has 16 heavy (non-hydrogen) atoms. The Morgan fingerprint density at radius 3 is 2.81 bits per heavy atom. The monoisotopic (exact) mass is 223 g/mol. The number of aromatic nitrogens is 1. The van der Waals surface area contributed by atoms with Crippen molar-refractivity contribution in [3.8, 4) is 0 Å². The predicted molar refractivity (Wildman–Crippen MR) is 64.8 cm³/mol. The third-order valence-corrected chi connectivity index (χ3v) is 2.63. The number of aryl methyl sites for hydroxylation is 1. The third kappa shape index (κ3) is 3.38. The number of hydrogen-bond donors (Lipinski definition) is 2. The molecule has 1 unspecified atom stereocenters. The Morgan fingerprint density at radius 1 is 1.62 bits per heavy atom. The van der Waals surface area contributed by atoms with Gasteiger partial charge in [0.05, 0.1) is 5.54 Å². The Hall–Kier alpha value is -1.29. The van der Waals surface area contributed by atoms with Gasteiger partial charge in [-0.05, 0) is 25.0 Å². The highest BCUT2D eigenvalue weighted by Gasteiger charge is 2.26. The lowest BCUT2D eigenvalue weighted by molar-refractivity contribution is -0.126. The zero-order valence-electron chi connectivity index (χ0n) is 10.3. The Bertz CT molecular complexity index is 355. The molecule has 0 aromatic carbocycles. The zero-order valence-corrected chi connectivity index (χ0v) is 10.3. The van der Waals surface area contributed by atoms with Crippen LogP contribution in [0.25, 0.3) is 0 Å². The smallest absolute Gasteiger partial charge is 0.240 e. The summed E-state index contributed by atoms with van der Waals surface area (Å²) in [4.78, 5) is 11.8. The van der Waals surface area contributed by atoms with E-state index in [0.29, 0.717) is 13.0 Å². The van der Waals surface area contributed by atoms with Crippen molar-refractivity contribution in [2.45, 2.75) is 38.8 Å². The fourth-order valence-electron chi connectivity index (χ4n) is 1.68. The van der Waals surface area contributed by atoms with Crippen molar-refractivity contribution in [2.24, 2.45) is 12.8 Å². The molecule has 1 atom stereocenters. The summed E-state index contributed by atoms with van der Waals surface area (Å²) in [5.74, 6) is -0.0850. The summed E-state index contributed by atoms with van der Waals surface area (Å²) in [5.41, 5.74) is 6.25. The lowest BCUT2D eigenvalue weighted by atomic mass is 9.96. The molecule has 1 aromatic rings. The molecule has 1 amide bonds. The van der Waals surface area contributed by atoms with E-state index in [2.05, 4.69) is 5.32 Å². The van der Waals surface area contributed by atoms with Crippen molar-refractivity contribution in [2.75, 3.05) is 0 Å². The quantitative estimate of drug-likeness (QED) is 0.787. The summed E-state index contributed by atoms with van der Waals surface area (Å²) in [6.07, 6.45) is 5.54. The van der Waals surface area contributed by atoms with Gasteiger partial charge < -0.3 is 15.6 Å². The molecule has 0 saturated carbocycles. The molecule has 4 heteroatoms. The maximum atomic E-state index is 11.8. The summed E-state index contributed by atoms with van der Waals surface area (Å²) in [6, 6.07) is 1.98. The van der Waals surface area contributed by atoms with Crippen molar-refractivity contribution in [1.82, 2.24) is 9.88 Å². The summed E-state index contributed by atoms with van der Waals surface area (Å²) in [7, 11) is 1.95. The fraction of sp³-hybridized carbons (Fsp3) is 0.583. The number of nitrogens with two attached hydrogens (primary N) is 1. The topological polar surface area (TPSA) is 60.1 Å². The van der Waals surface area contributed by atoms with Crippen LogP contribution in [0.15, 0.2) is 18.5 Å². The van der Waals surface area contributed by atoms with Gasteiger partial charge in [-0.25, -0.2) is 0 Å². The molecule has 0 saturated heterocycles. The number of amides is 1. The van der Waals surface area contributed by atoms with E-state index in [1.165, 1.54) is 0 Å². The van der Waals surface area contributed by atoms with E-state index in [1.807, 2.05) is 37.0 Å². The highest BCUT2D eigenvalue weighted by Crippen LogP contribution is 2.09. The van der Waals surface area contributed by atoms with Gasteiger partial charge in [0.1, 0.15) is 0 Å². The van der Waals surface area contributed by atoms with Crippen LogP contribution in [0.3, 0.4) is 0 Å². The van der Waals surface area contributed by atoms with Gasteiger partial charge in [0.25, 0.3) is 0 Å². The molecule has 4 nitrogen and oxygen atoms in total. The standard InChI is InChI=1S/C12H21N3O/c1-4-6-12(2,13)11(16)14-8-10-5-7-15(3)9-10/h5,7,9H,4,6,8,13H2,1-3H3,(H,14,16). The average molecular weight is 223 g/mol. The van der Waals surface area contributed by atoms with E-state index in [4.69, 9.17) is 5.73 Å². The molecule has 1 rings (SSSR count). The number of hydrogen-bond acceptors (Lipinski definition) is 2. The Balaban J connectivity index is 2.46. The van der Waals surface area contributed by atoms with Gasteiger partial charge in [-0.2, -0.15) is 0 Å². The van der Waals surface area contributed by atoms with E-state index >= 15 is 0 Å². The van der Waals surface area contributed by atoms with Gasteiger partial charge in [0.2, 0.25) is 5.91 Å². The Morgan fingerprint density at radius 2 is 2.31 bits per heavy atom. The molecule has 0 aliphatic rings. The third-order valence-electron chi connectivity index (χ3n) is 2.63. The largest absolute Gasteiger partial charge is 0.357 e. The van der Waals surface area contributed by atoms with E-state index in [0.717, 1.165) is 12.0 Å². The van der Waals surface area contributed by atoms with Crippen molar-refractivity contribution in [3.63, 3.8) is 0 Å². The first kappa shape index (κ1) is 12.8. The lowest BCUT2D eigenvalue weighted by Gasteiger charge is -2.22. The molecule has 0 aliphatic heterocycles. The highest BCUT2D eigenvalue weighted by atomic mass is 16.2. The maximum absolute atomic E-state index is 11.8.